The van der Waals surface area contributed by atoms with Crippen LogP contribution in [0.4, 0.5) is 0 Å². The van der Waals surface area contributed by atoms with Crippen LogP contribution in [0.2, 0.25) is 0 Å². The van der Waals surface area contributed by atoms with Gasteiger partial charge in [0.25, 0.3) is 0 Å². The molecule has 1 aromatic rings. The highest BCUT2D eigenvalue weighted by Crippen LogP contribution is 2.18. The maximum atomic E-state index is 4.18. The minimum absolute atomic E-state index is 0.837. The number of aromatic nitrogens is 1. The van der Waals surface area contributed by atoms with Gasteiger partial charge in [-0.3, -0.25) is 4.98 Å². The molecule has 0 aliphatic carbocycles. The van der Waals surface area contributed by atoms with Crippen molar-refractivity contribution in [1.29, 1.82) is 0 Å². The van der Waals surface area contributed by atoms with Crippen molar-refractivity contribution >= 4 is 11.8 Å². The van der Waals surface area contributed by atoms with Gasteiger partial charge in [-0.25, -0.2) is 0 Å². The second-order valence-electron chi connectivity index (χ2n) is 5.51. The summed E-state index contributed by atoms with van der Waals surface area (Å²) in [4.78, 5) is 9.22. The molecule has 4 heteroatoms. The van der Waals surface area contributed by atoms with Crippen molar-refractivity contribution in [3.8, 4) is 0 Å². The van der Waals surface area contributed by atoms with Gasteiger partial charge in [0.2, 0.25) is 0 Å². The highest BCUT2D eigenvalue weighted by Gasteiger charge is 2.22. The van der Waals surface area contributed by atoms with E-state index in [0.717, 1.165) is 12.5 Å². The number of thioether (sulfide) groups is 1. The van der Waals surface area contributed by atoms with E-state index in [-0.39, 0.29) is 0 Å². The van der Waals surface area contributed by atoms with E-state index < -0.39 is 0 Å². The van der Waals surface area contributed by atoms with Crippen LogP contribution in [0.15, 0.2) is 24.5 Å². The first-order chi connectivity index (χ1) is 9.28. The molecular weight excluding hydrogens is 254 g/mol. The third kappa shape index (κ3) is 5.13. The molecule has 1 aliphatic heterocycles. The lowest BCUT2D eigenvalue weighted by Crippen LogP contribution is -2.29. The van der Waals surface area contributed by atoms with Crippen LogP contribution in [-0.2, 0) is 6.54 Å². The molecule has 3 nitrogen and oxygen atoms in total. The fraction of sp³-hybridized carbons (Fsp3) is 0.667. The van der Waals surface area contributed by atoms with Crippen LogP contribution in [0.1, 0.15) is 12.0 Å². The Labute approximate surface area is 121 Å². The molecule has 2 rings (SSSR count). The molecule has 1 atom stereocenters. The molecule has 0 bridgehead atoms. The van der Waals surface area contributed by atoms with Gasteiger partial charge in [-0.1, -0.05) is 6.07 Å². The Morgan fingerprint density at radius 3 is 3.16 bits per heavy atom. The van der Waals surface area contributed by atoms with Crippen LogP contribution >= 0.6 is 11.8 Å². The lowest BCUT2D eigenvalue weighted by atomic mass is 10.1. The van der Waals surface area contributed by atoms with Gasteiger partial charge in [-0.15, -0.1) is 0 Å². The van der Waals surface area contributed by atoms with Crippen molar-refractivity contribution in [3.63, 3.8) is 0 Å². The lowest BCUT2D eigenvalue weighted by Gasteiger charge is -2.21. The second kappa shape index (κ2) is 7.88. The molecule has 0 amide bonds. The Kier molecular flexibility index (Phi) is 6.14. The van der Waals surface area contributed by atoms with Gasteiger partial charge < -0.3 is 9.80 Å². The molecule has 1 saturated heterocycles. The summed E-state index contributed by atoms with van der Waals surface area (Å²) >= 11 is 1.95. The molecular formula is C15H25N3S. The number of hydrogen-bond acceptors (Lipinski definition) is 4. The van der Waals surface area contributed by atoms with E-state index in [2.05, 4.69) is 34.2 Å². The summed E-state index contributed by atoms with van der Waals surface area (Å²) in [7, 11) is 2.22. The number of hydrogen-bond donors (Lipinski definition) is 0. The van der Waals surface area contributed by atoms with Gasteiger partial charge in [-0.2, -0.15) is 11.8 Å². The topological polar surface area (TPSA) is 19.4 Å². The first kappa shape index (κ1) is 14.8. The minimum atomic E-state index is 0.837. The van der Waals surface area contributed by atoms with Crippen LogP contribution in [0, 0.1) is 5.92 Å². The van der Waals surface area contributed by atoms with E-state index in [1.165, 1.54) is 43.9 Å². The van der Waals surface area contributed by atoms with E-state index >= 15 is 0 Å². The fourth-order valence-electron chi connectivity index (χ4n) is 2.79. The largest absolute Gasteiger partial charge is 0.302 e. The quantitative estimate of drug-likeness (QED) is 0.762. The smallest absolute Gasteiger partial charge is 0.0312 e. The summed E-state index contributed by atoms with van der Waals surface area (Å²) in [6, 6.07) is 4.17. The molecule has 19 heavy (non-hydrogen) atoms. The van der Waals surface area contributed by atoms with E-state index in [0.29, 0.717) is 0 Å². The predicted octanol–water partition coefficient (Wildman–Crippen LogP) is 2.20. The Morgan fingerprint density at radius 2 is 2.42 bits per heavy atom. The molecule has 0 radical (unpaired) electrons. The van der Waals surface area contributed by atoms with Crippen LogP contribution in [0.25, 0.3) is 0 Å². The van der Waals surface area contributed by atoms with Crippen molar-refractivity contribution in [2.45, 2.75) is 13.0 Å². The third-order valence-corrected chi connectivity index (χ3v) is 4.32. The highest BCUT2D eigenvalue weighted by atomic mass is 32.2. The molecule has 2 heterocycles. The number of pyridine rings is 1. The second-order valence-corrected chi connectivity index (χ2v) is 6.49. The minimum Gasteiger partial charge on any atom is -0.302 e. The Balaban J connectivity index is 1.70. The summed E-state index contributed by atoms with van der Waals surface area (Å²) in [6.07, 6.45) is 7.35. The summed E-state index contributed by atoms with van der Waals surface area (Å²) in [5.74, 6) is 2.10. The third-order valence-electron chi connectivity index (χ3n) is 3.73. The standard InChI is InChI=1S/C15H25N3S/c1-17(11-14-4-3-6-16-10-14)12-15-5-7-18(13-15)8-9-19-2/h3-4,6,10,15H,5,7-9,11-13H2,1-2H3/t15-/m0/s1. The monoisotopic (exact) mass is 279 g/mol. The van der Waals surface area contributed by atoms with Crippen LogP contribution in [-0.4, -0.2) is 60.0 Å². The molecule has 1 aliphatic rings. The zero-order valence-corrected chi connectivity index (χ0v) is 12.9. The molecule has 106 valence electrons. The van der Waals surface area contributed by atoms with E-state index in [9.17, 15) is 0 Å². The van der Waals surface area contributed by atoms with Gasteiger partial charge in [0, 0.05) is 44.3 Å². The molecule has 0 aromatic carbocycles. The van der Waals surface area contributed by atoms with Crippen LogP contribution in [0.5, 0.6) is 0 Å². The molecule has 1 fully saturated rings. The maximum Gasteiger partial charge on any atom is 0.0312 e. The number of nitrogens with zero attached hydrogens (tertiary/aromatic N) is 3. The predicted molar refractivity (Wildman–Crippen MR) is 83.5 cm³/mol. The average Bonchev–Trinajstić information content (AvgIpc) is 2.85. The zero-order valence-electron chi connectivity index (χ0n) is 12.1. The Morgan fingerprint density at radius 1 is 1.53 bits per heavy atom. The first-order valence-electron chi connectivity index (χ1n) is 7.06. The van der Waals surface area contributed by atoms with Gasteiger partial charge in [-0.05, 0) is 43.8 Å². The van der Waals surface area contributed by atoms with Gasteiger partial charge in [0.15, 0.2) is 0 Å². The molecule has 0 spiro atoms. The van der Waals surface area contributed by atoms with Crippen molar-refractivity contribution in [1.82, 2.24) is 14.8 Å². The summed E-state index contributed by atoms with van der Waals surface area (Å²) < 4.78 is 0. The van der Waals surface area contributed by atoms with Crippen LogP contribution in [0.3, 0.4) is 0 Å². The number of rotatable bonds is 7. The maximum absolute atomic E-state index is 4.18. The van der Waals surface area contributed by atoms with Gasteiger partial charge in [0.05, 0.1) is 0 Å². The normalized spacial score (nSPS) is 20.3. The summed E-state index contributed by atoms with van der Waals surface area (Å²) in [5, 5.41) is 0. The molecule has 1 aromatic heterocycles. The van der Waals surface area contributed by atoms with E-state index in [1.807, 2.05) is 30.2 Å². The Bertz CT molecular complexity index is 358. The lowest BCUT2D eigenvalue weighted by molar-refractivity contribution is 0.261. The molecule has 0 N–H and O–H groups in total. The van der Waals surface area contributed by atoms with Crippen molar-refractivity contribution in [2.24, 2.45) is 5.92 Å². The van der Waals surface area contributed by atoms with Crippen LogP contribution < -0.4 is 0 Å². The van der Waals surface area contributed by atoms with Crippen molar-refractivity contribution in [3.05, 3.63) is 30.1 Å². The van der Waals surface area contributed by atoms with Gasteiger partial charge in [0.1, 0.15) is 0 Å². The van der Waals surface area contributed by atoms with E-state index in [1.54, 1.807) is 0 Å². The van der Waals surface area contributed by atoms with Gasteiger partial charge >= 0.3 is 0 Å². The zero-order chi connectivity index (χ0) is 13.5. The van der Waals surface area contributed by atoms with Crippen molar-refractivity contribution in [2.75, 3.05) is 45.2 Å². The SMILES string of the molecule is CSCCN1CC[C@@H](CN(C)Cc2cccnc2)C1. The first-order valence-corrected chi connectivity index (χ1v) is 8.46. The summed E-state index contributed by atoms with van der Waals surface area (Å²) in [6.45, 7) is 6.02. The highest BCUT2D eigenvalue weighted by molar-refractivity contribution is 7.98. The number of likely N-dealkylation sites (tertiary alicyclic amines) is 1. The molecule has 0 saturated carbocycles. The van der Waals surface area contributed by atoms with E-state index in [4.69, 9.17) is 0 Å². The average molecular weight is 279 g/mol. The van der Waals surface area contributed by atoms with Crippen molar-refractivity contribution < 1.29 is 0 Å². The fourth-order valence-corrected chi connectivity index (χ4v) is 3.23. The summed E-state index contributed by atoms with van der Waals surface area (Å²) in [5.41, 5.74) is 1.31. The molecule has 0 unspecified atom stereocenters. The Hall–Kier alpha value is -0.580.